The molecule has 4 aromatic rings. The summed E-state index contributed by atoms with van der Waals surface area (Å²) in [6.45, 7) is 3.56. The molecule has 0 saturated heterocycles. The number of aryl methyl sites for hydroxylation is 2. The summed E-state index contributed by atoms with van der Waals surface area (Å²) in [6, 6.07) is 3.55. The molecule has 6 nitrogen and oxygen atoms in total. The zero-order chi connectivity index (χ0) is 16.7. The van der Waals surface area contributed by atoms with Crippen molar-refractivity contribution in [1.29, 1.82) is 0 Å². The minimum absolute atomic E-state index is 0.0387. The van der Waals surface area contributed by atoms with Crippen molar-refractivity contribution in [1.82, 2.24) is 19.9 Å². The number of hydrogen-bond acceptors (Lipinski definition) is 7. The molecule has 8 heteroatoms. The van der Waals surface area contributed by atoms with Gasteiger partial charge >= 0.3 is 0 Å². The maximum absolute atomic E-state index is 11.8. The van der Waals surface area contributed by atoms with E-state index in [0.717, 1.165) is 9.90 Å². The molecule has 0 N–H and O–H groups in total. The van der Waals surface area contributed by atoms with Crippen LogP contribution in [0.4, 0.5) is 0 Å². The van der Waals surface area contributed by atoms with E-state index in [2.05, 4.69) is 19.9 Å². The Morgan fingerprint density at radius 3 is 2.62 bits per heavy atom. The third-order valence-electron chi connectivity index (χ3n) is 3.42. The quantitative estimate of drug-likeness (QED) is 0.497. The highest BCUT2D eigenvalue weighted by molar-refractivity contribution is 8.00. The molecule has 24 heavy (non-hydrogen) atoms. The molecule has 0 bridgehead atoms. The van der Waals surface area contributed by atoms with Gasteiger partial charge in [0.2, 0.25) is 5.89 Å². The van der Waals surface area contributed by atoms with E-state index in [1.807, 2.05) is 5.38 Å². The number of oxazole rings is 1. The van der Waals surface area contributed by atoms with Crippen LogP contribution in [-0.4, -0.2) is 19.9 Å². The Morgan fingerprint density at radius 2 is 1.92 bits per heavy atom. The topological polar surface area (TPSA) is 84.6 Å². The lowest BCUT2D eigenvalue weighted by atomic mass is 10.1. The van der Waals surface area contributed by atoms with Crippen LogP contribution >= 0.6 is 23.1 Å². The fourth-order valence-corrected chi connectivity index (χ4v) is 3.75. The first-order valence-electron chi connectivity index (χ1n) is 7.10. The van der Waals surface area contributed by atoms with Crippen molar-refractivity contribution >= 4 is 34.3 Å². The Hall–Kier alpha value is -2.45. The second-order valence-electron chi connectivity index (χ2n) is 5.20. The van der Waals surface area contributed by atoms with Gasteiger partial charge in [-0.15, -0.1) is 11.3 Å². The summed E-state index contributed by atoms with van der Waals surface area (Å²) in [5, 5.41) is 14.3. The van der Waals surface area contributed by atoms with Gasteiger partial charge in [0.05, 0.1) is 6.20 Å². The Labute approximate surface area is 145 Å². The van der Waals surface area contributed by atoms with Gasteiger partial charge in [-0.05, 0) is 48.9 Å². The van der Waals surface area contributed by atoms with Crippen molar-refractivity contribution in [2.24, 2.45) is 0 Å². The number of aromatic nitrogens is 4. The maximum atomic E-state index is 11.8. The van der Waals surface area contributed by atoms with Gasteiger partial charge in [-0.25, -0.2) is 15.0 Å². The van der Waals surface area contributed by atoms with E-state index in [1.165, 1.54) is 23.1 Å². The minimum Gasteiger partial charge on any atom is -0.418 e. The highest BCUT2D eigenvalue weighted by Crippen LogP contribution is 2.32. The van der Waals surface area contributed by atoms with E-state index in [-0.39, 0.29) is 5.75 Å². The number of benzene rings is 1. The van der Waals surface area contributed by atoms with Crippen LogP contribution in [0.1, 0.15) is 11.1 Å². The number of rotatable bonds is 3. The van der Waals surface area contributed by atoms with E-state index in [4.69, 9.17) is 4.42 Å². The molecule has 0 saturated carbocycles. The molecule has 3 aromatic heterocycles. The molecule has 1 aromatic carbocycles. The molecule has 0 atom stereocenters. The minimum atomic E-state index is 0.0387. The fourth-order valence-electron chi connectivity index (χ4n) is 2.31. The predicted octanol–water partition coefficient (Wildman–Crippen LogP) is 4.65. The molecular formula is C16H11N4O2S2. The molecule has 0 spiro atoms. The van der Waals surface area contributed by atoms with Gasteiger partial charge in [-0.2, -0.15) is 4.98 Å². The fraction of sp³-hybridized carbons (Fsp3) is 0.125. The van der Waals surface area contributed by atoms with Crippen molar-refractivity contribution < 1.29 is 9.52 Å². The van der Waals surface area contributed by atoms with Crippen molar-refractivity contribution in [2.75, 3.05) is 0 Å². The number of thiazole rings is 1. The highest BCUT2D eigenvalue weighted by Gasteiger charge is 2.14. The summed E-state index contributed by atoms with van der Waals surface area (Å²) in [4.78, 5) is 17.3. The third kappa shape index (κ3) is 2.74. The third-order valence-corrected chi connectivity index (χ3v) is 5.19. The number of fused-ring (bicyclic) bond motifs is 1. The van der Waals surface area contributed by atoms with Crippen molar-refractivity contribution in [2.45, 2.75) is 23.3 Å². The molecule has 0 aliphatic rings. The average Bonchev–Trinajstić information content (AvgIpc) is 3.21. The second-order valence-corrected chi connectivity index (χ2v) is 7.31. The normalized spacial score (nSPS) is 11.2. The summed E-state index contributed by atoms with van der Waals surface area (Å²) in [7, 11) is 0. The SMILES string of the molecule is Cc1cc(-c2nc3cnc(Sc4nccs4)nc3o2)cc(C)c1[O]. The highest BCUT2D eigenvalue weighted by atomic mass is 32.2. The molecule has 3 heterocycles. The Bertz CT molecular complexity index is 1000. The molecular weight excluding hydrogens is 344 g/mol. The number of nitrogens with zero attached hydrogens (tertiary/aromatic N) is 4. The molecule has 119 valence electrons. The Kier molecular flexibility index (Phi) is 3.70. The molecule has 0 aliphatic heterocycles. The van der Waals surface area contributed by atoms with Crippen LogP contribution in [0.5, 0.6) is 5.75 Å². The number of hydrogen-bond donors (Lipinski definition) is 0. The van der Waals surface area contributed by atoms with Crippen LogP contribution in [0.25, 0.3) is 22.7 Å². The molecule has 0 aliphatic carbocycles. The molecule has 1 radical (unpaired) electrons. The van der Waals surface area contributed by atoms with Gasteiger partial charge in [-0.3, -0.25) is 5.11 Å². The average molecular weight is 355 g/mol. The zero-order valence-electron chi connectivity index (χ0n) is 12.8. The summed E-state index contributed by atoms with van der Waals surface area (Å²) in [5.74, 6) is 0.471. The largest absolute Gasteiger partial charge is 0.418 e. The van der Waals surface area contributed by atoms with Gasteiger partial charge in [0.15, 0.2) is 15.2 Å². The van der Waals surface area contributed by atoms with Crippen LogP contribution in [0.2, 0.25) is 0 Å². The van der Waals surface area contributed by atoms with Crippen LogP contribution < -0.4 is 0 Å². The van der Waals surface area contributed by atoms with E-state index >= 15 is 0 Å². The van der Waals surface area contributed by atoms with E-state index in [1.54, 1.807) is 38.4 Å². The van der Waals surface area contributed by atoms with Gasteiger partial charge in [0.25, 0.3) is 5.71 Å². The first-order valence-corrected chi connectivity index (χ1v) is 8.79. The van der Waals surface area contributed by atoms with Crippen LogP contribution in [0, 0.1) is 13.8 Å². The lowest BCUT2D eigenvalue weighted by molar-refractivity contribution is 0.348. The summed E-state index contributed by atoms with van der Waals surface area (Å²) < 4.78 is 6.64. The van der Waals surface area contributed by atoms with E-state index in [0.29, 0.717) is 33.4 Å². The molecule has 0 unspecified atom stereocenters. The van der Waals surface area contributed by atoms with Gasteiger partial charge in [0.1, 0.15) is 5.52 Å². The molecule has 0 amide bonds. The van der Waals surface area contributed by atoms with Crippen molar-refractivity contribution in [3.63, 3.8) is 0 Å². The first kappa shape index (κ1) is 15.1. The zero-order valence-corrected chi connectivity index (χ0v) is 14.4. The maximum Gasteiger partial charge on any atom is 0.251 e. The summed E-state index contributed by atoms with van der Waals surface area (Å²) in [5.41, 5.74) is 3.09. The van der Waals surface area contributed by atoms with Crippen LogP contribution in [0.15, 0.2) is 43.8 Å². The monoisotopic (exact) mass is 355 g/mol. The predicted molar refractivity (Wildman–Crippen MR) is 90.9 cm³/mol. The standard InChI is InChI=1S/C16H11N4O2S2/c1-8-5-10(6-9(2)12(8)21)13-19-11-7-18-15(20-14(11)22-13)24-16-17-3-4-23-16/h3-7H,1-2H3. The Balaban J connectivity index is 1.73. The molecule has 0 fully saturated rings. The summed E-state index contributed by atoms with van der Waals surface area (Å²) in [6.07, 6.45) is 3.37. The van der Waals surface area contributed by atoms with Gasteiger partial charge in [0, 0.05) is 17.1 Å². The van der Waals surface area contributed by atoms with E-state index < -0.39 is 0 Å². The van der Waals surface area contributed by atoms with Gasteiger partial charge < -0.3 is 4.42 Å². The Morgan fingerprint density at radius 1 is 1.12 bits per heavy atom. The lowest BCUT2D eigenvalue weighted by Gasteiger charge is -2.02. The first-order chi connectivity index (χ1) is 11.6. The lowest BCUT2D eigenvalue weighted by Crippen LogP contribution is -1.85. The second kappa shape index (κ2) is 5.88. The smallest absolute Gasteiger partial charge is 0.251 e. The van der Waals surface area contributed by atoms with E-state index in [9.17, 15) is 5.11 Å². The van der Waals surface area contributed by atoms with Crippen molar-refractivity contribution in [3.05, 3.63) is 41.0 Å². The van der Waals surface area contributed by atoms with Crippen LogP contribution in [-0.2, 0) is 5.11 Å². The van der Waals surface area contributed by atoms with Gasteiger partial charge in [-0.1, -0.05) is 0 Å². The summed E-state index contributed by atoms with van der Waals surface area (Å²) >= 11 is 2.90. The van der Waals surface area contributed by atoms with Crippen LogP contribution in [0.3, 0.4) is 0 Å². The van der Waals surface area contributed by atoms with Crippen molar-refractivity contribution in [3.8, 4) is 17.2 Å². The molecule has 4 rings (SSSR count).